The maximum absolute atomic E-state index is 11.8. The fourth-order valence-corrected chi connectivity index (χ4v) is 2.42. The monoisotopic (exact) mass is 275 g/mol. The van der Waals surface area contributed by atoms with Gasteiger partial charge in [0.15, 0.2) is 0 Å². The number of hydrogen-bond donors (Lipinski definition) is 2. The van der Waals surface area contributed by atoms with E-state index in [4.69, 9.17) is 0 Å². The molecule has 1 heterocycles. The molecule has 6 heteroatoms. The molecule has 2 N–H and O–H groups in total. The van der Waals surface area contributed by atoms with Gasteiger partial charge in [0.05, 0.1) is 6.04 Å². The fraction of sp³-hybridized carbons (Fsp3) is 0.833. The Morgan fingerprint density at radius 2 is 2.17 bits per heavy atom. The average Bonchev–Trinajstić information content (AvgIpc) is 2.88. The van der Waals surface area contributed by atoms with Gasteiger partial charge in [-0.05, 0) is 19.4 Å². The number of amides is 2. The van der Waals surface area contributed by atoms with Crippen LogP contribution in [-0.2, 0) is 9.59 Å². The van der Waals surface area contributed by atoms with Crippen LogP contribution in [0.5, 0.6) is 0 Å². The van der Waals surface area contributed by atoms with Crippen LogP contribution in [0.3, 0.4) is 0 Å². The molecule has 0 spiro atoms. The molecule has 2 rings (SSSR count). The number of nitrogens with zero attached hydrogens (tertiary/aromatic N) is 1. The first-order valence-electron chi connectivity index (χ1n) is 6.35. The summed E-state index contributed by atoms with van der Waals surface area (Å²) in [5, 5.41) is 5.87. The molecule has 2 amide bonds. The summed E-state index contributed by atoms with van der Waals surface area (Å²) in [5.74, 6) is 0.860. The summed E-state index contributed by atoms with van der Waals surface area (Å²) in [6, 6.07) is 0.446. The van der Waals surface area contributed by atoms with E-state index in [0.29, 0.717) is 37.9 Å². The molecule has 2 fully saturated rings. The van der Waals surface area contributed by atoms with Gasteiger partial charge in [0, 0.05) is 32.0 Å². The second kappa shape index (κ2) is 6.38. The number of hydrogen-bond acceptors (Lipinski definition) is 3. The van der Waals surface area contributed by atoms with Crippen molar-refractivity contribution in [2.75, 3.05) is 20.1 Å². The zero-order chi connectivity index (χ0) is 12.4. The Labute approximate surface area is 114 Å². The minimum Gasteiger partial charge on any atom is -0.351 e. The Balaban J connectivity index is 0.00000162. The SMILES string of the molecule is CNCCC(=O)NC1CC(=O)N(C2CC2C)C1.Cl. The lowest BCUT2D eigenvalue weighted by molar-refractivity contribution is -0.128. The molecule has 2 aliphatic rings. The summed E-state index contributed by atoms with van der Waals surface area (Å²) in [7, 11) is 1.82. The normalized spacial score (nSPS) is 30.0. The van der Waals surface area contributed by atoms with E-state index in [0.717, 1.165) is 6.42 Å². The lowest BCUT2D eigenvalue weighted by Gasteiger charge is -2.16. The van der Waals surface area contributed by atoms with Crippen molar-refractivity contribution in [2.24, 2.45) is 5.92 Å². The molecule has 3 unspecified atom stereocenters. The van der Waals surface area contributed by atoms with Gasteiger partial charge in [-0.3, -0.25) is 9.59 Å². The Bertz CT molecular complexity index is 324. The number of carbonyl (C=O) groups excluding carboxylic acids is 2. The van der Waals surface area contributed by atoms with Crippen LogP contribution in [0.1, 0.15) is 26.2 Å². The van der Waals surface area contributed by atoms with Gasteiger partial charge in [-0.15, -0.1) is 12.4 Å². The van der Waals surface area contributed by atoms with Gasteiger partial charge < -0.3 is 15.5 Å². The molecule has 0 aromatic carbocycles. The minimum absolute atomic E-state index is 0. The summed E-state index contributed by atoms with van der Waals surface area (Å²) in [6.45, 7) is 3.53. The predicted octanol–water partition coefficient (Wildman–Crippen LogP) is 0.143. The molecule has 104 valence electrons. The number of nitrogens with one attached hydrogen (secondary N) is 2. The maximum Gasteiger partial charge on any atom is 0.225 e. The van der Waals surface area contributed by atoms with Crippen LogP contribution in [0.15, 0.2) is 0 Å². The molecular formula is C12H22ClN3O2. The molecule has 1 aliphatic heterocycles. The van der Waals surface area contributed by atoms with Crippen molar-refractivity contribution in [1.29, 1.82) is 0 Å². The largest absolute Gasteiger partial charge is 0.351 e. The summed E-state index contributed by atoms with van der Waals surface area (Å²) >= 11 is 0. The van der Waals surface area contributed by atoms with Crippen LogP contribution in [0, 0.1) is 5.92 Å². The molecule has 3 atom stereocenters. The first-order chi connectivity index (χ1) is 8.11. The fourth-order valence-electron chi connectivity index (χ4n) is 2.42. The van der Waals surface area contributed by atoms with E-state index >= 15 is 0 Å². The van der Waals surface area contributed by atoms with Gasteiger partial charge in [0.25, 0.3) is 0 Å². The maximum atomic E-state index is 11.8. The zero-order valence-electron chi connectivity index (χ0n) is 10.9. The lowest BCUT2D eigenvalue weighted by atomic mass is 10.2. The molecule has 0 aromatic heterocycles. The number of carbonyl (C=O) groups is 2. The van der Waals surface area contributed by atoms with E-state index in [-0.39, 0.29) is 30.3 Å². The van der Waals surface area contributed by atoms with Gasteiger partial charge in [0.2, 0.25) is 11.8 Å². The first kappa shape index (κ1) is 15.2. The Morgan fingerprint density at radius 1 is 1.50 bits per heavy atom. The van der Waals surface area contributed by atoms with Crippen molar-refractivity contribution in [2.45, 2.75) is 38.3 Å². The Morgan fingerprint density at radius 3 is 2.72 bits per heavy atom. The van der Waals surface area contributed by atoms with Crippen LogP contribution in [0.25, 0.3) is 0 Å². The Kier molecular flexibility index (Phi) is 5.41. The van der Waals surface area contributed by atoms with Crippen molar-refractivity contribution in [3.8, 4) is 0 Å². The number of halogens is 1. The third-order valence-electron chi connectivity index (χ3n) is 3.59. The summed E-state index contributed by atoms with van der Waals surface area (Å²) in [4.78, 5) is 25.2. The summed E-state index contributed by atoms with van der Waals surface area (Å²) < 4.78 is 0. The van der Waals surface area contributed by atoms with E-state index in [1.165, 1.54) is 0 Å². The van der Waals surface area contributed by atoms with E-state index in [9.17, 15) is 9.59 Å². The van der Waals surface area contributed by atoms with Crippen molar-refractivity contribution in [3.63, 3.8) is 0 Å². The van der Waals surface area contributed by atoms with Crippen LogP contribution in [0.4, 0.5) is 0 Å². The quantitative estimate of drug-likeness (QED) is 0.751. The van der Waals surface area contributed by atoms with Crippen LogP contribution >= 0.6 is 12.4 Å². The highest BCUT2D eigenvalue weighted by atomic mass is 35.5. The lowest BCUT2D eigenvalue weighted by Crippen LogP contribution is -2.38. The van der Waals surface area contributed by atoms with E-state index in [1.54, 1.807) is 0 Å². The van der Waals surface area contributed by atoms with E-state index in [2.05, 4.69) is 17.6 Å². The van der Waals surface area contributed by atoms with Gasteiger partial charge in [-0.25, -0.2) is 0 Å². The van der Waals surface area contributed by atoms with Gasteiger partial charge >= 0.3 is 0 Å². The topological polar surface area (TPSA) is 61.4 Å². The van der Waals surface area contributed by atoms with Crippen LogP contribution in [-0.4, -0.2) is 48.9 Å². The molecule has 1 saturated carbocycles. The van der Waals surface area contributed by atoms with Gasteiger partial charge in [-0.2, -0.15) is 0 Å². The third-order valence-corrected chi connectivity index (χ3v) is 3.59. The molecule has 1 aliphatic carbocycles. The smallest absolute Gasteiger partial charge is 0.225 e. The van der Waals surface area contributed by atoms with Gasteiger partial charge in [-0.1, -0.05) is 6.92 Å². The first-order valence-corrected chi connectivity index (χ1v) is 6.35. The highest BCUT2D eigenvalue weighted by Gasteiger charge is 2.44. The summed E-state index contributed by atoms with van der Waals surface area (Å²) in [6.07, 6.45) is 2.06. The molecule has 5 nitrogen and oxygen atoms in total. The zero-order valence-corrected chi connectivity index (χ0v) is 11.8. The van der Waals surface area contributed by atoms with Crippen LogP contribution in [0.2, 0.25) is 0 Å². The van der Waals surface area contributed by atoms with Crippen molar-refractivity contribution in [3.05, 3.63) is 0 Å². The van der Waals surface area contributed by atoms with E-state index in [1.807, 2.05) is 11.9 Å². The average molecular weight is 276 g/mol. The molecule has 0 bridgehead atoms. The van der Waals surface area contributed by atoms with Crippen molar-refractivity contribution < 1.29 is 9.59 Å². The molecule has 18 heavy (non-hydrogen) atoms. The standard InChI is InChI=1S/C12H21N3O2.ClH/c1-8-5-10(8)15-7-9(6-12(15)17)14-11(16)3-4-13-2;/h8-10,13H,3-7H2,1-2H3,(H,14,16);1H. The molecule has 1 saturated heterocycles. The molecule has 0 aromatic rings. The molecular weight excluding hydrogens is 254 g/mol. The van der Waals surface area contributed by atoms with Crippen molar-refractivity contribution >= 4 is 24.2 Å². The minimum atomic E-state index is 0. The summed E-state index contributed by atoms with van der Waals surface area (Å²) in [5.41, 5.74) is 0. The number of likely N-dealkylation sites (tertiary alicyclic amines) is 1. The van der Waals surface area contributed by atoms with Crippen LogP contribution < -0.4 is 10.6 Å². The van der Waals surface area contributed by atoms with E-state index < -0.39 is 0 Å². The highest BCUT2D eigenvalue weighted by Crippen LogP contribution is 2.37. The van der Waals surface area contributed by atoms with Gasteiger partial charge in [0.1, 0.15) is 0 Å². The highest BCUT2D eigenvalue weighted by molar-refractivity contribution is 5.85. The van der Waals surface area contributed by atoms with Crippen molar-refractivity contribution in [1.82, 2.24) is 15.5 Å². The predicted molar refractivity (Wildman–Crippen MR) is 71.6 cm³/mol. The third kappa shape index (κ3) is 3.59. The second-order valence-electron chi connectivity index (χ2n) is 5.15. The molecule has 0 radical (unpaired) electrons. The Hall–Kier alpha value is -0.810. The number of rotatable bonds is 5. The second-order valence-corrected chi connectivity index (χ2v) is 5.15.